The van der Waals surface area contributed by atoms with Gasteiger partial charge in [-0.15, -0.1) is 0 Å². The lowest BCUT2D eigenvalue weighted by atomic mass is 10.0. The van der Waals surface area contributed by atoms with Crippen LogP contribution in [-0.2, 0) is 10.0 Å². The number of hydrogen-bond acceptors (Lipinski definition) is 5. The molecule has 3 heterocycles. The molecular formula is C21H27N3O5S. The van der Waals surface area contributed by atoms with Crippen LogP contribution in [0, 0.1) is 0 Å². The van der Waals surface area contributed by atoms with Gasteiger partial charge in [-0.1, -0.05) is 0 Å². The minimum Gasteiger partial charge on any atom is -0.497 e. The van der Waals surface area contributed by atoms with Crippen molar-refractivity contribution < 1.29 is 22.7 Å². The molecule has 1 aromatic heterocycles. The van der Waals surface area contributed by atoms with E-state index in [1.807, 2.05) is 18.2 Å². The Morgan fingerprint density at radius 1 is 1.07 bits per heavy atom. The lowest BCUT2D eigenvalue weighted by molar-refractivity contribution is 0.0729. The molecule has 30 heavy (non-hydrogen) atoms. The van der Waals surface area contributed by atoms with E-state index in [0.717, 1.165) is 31.2 Å². The van der Waals surface area contributed by atoms with E-state index in [1.165, 1.54) is 16.6 Å². The molecule has 1 N–H and O–H groups in total. The summed E-state index contributed by atoms with van der Waals surface area (Å²) in [6.45, 7) is 1.66. The monoisotopic (exact) mass is 433 g/mol. The lowest BCUT2D eigenvalue weighted by Gasteiger charge is -2.26. The topological polar surface area (TPSA) is 91.9 Å². The fourth-order valence-corrected chi connectivity index (χ4v) is 5.82. The summed E-state index contributed by atoms with van der Waals surface area (Å²) in [5.74, 6) is 1.15. The third-order valence-electron chi connectivity index (χ3n) is 5.90. The molecule has 1 atom stereocenters. The number of carbonyl (C=O) groups excluding carboxylic acids is 1. The fourth-order valence-electron chi connectivity index (χ4n) is 4.31. The van der Waals surface area contributed by atoms with E-state index < -0.39 is 10.0 Å². The van der Waals surface area contributed by atoms with Gasteiger partial charge < -0.3 is 19.4 Å². The normalized spacial score (nSPS) is 19.9. The largest absolute Gasteiger partial charge is 0.497 e. The first-order chi connectivity index (χ1) is 14.5. The number of nitrogens with zero attached hydrogens (tertiary/aromatic N) is 2. The molecule has 1 aromatic carbocycles. The van der Waals surface area contributed by atoms with E-state index in [4.69, 9.17) is 9.47 Å². The summed E-state index contributed by atoms with van der Waals surface area (Å²) in [5, 5.41) is 0. The van der Waals surface area contributed by atoms with Crippen molar-refractivity contribution in [3.05, 3.63) is 41.7 Å². The van der Waals surface area contributed by atoms with Gasteiger partial charge in [0.2, 0.25) is 10.0 Å². The van der Waals surface area contributed by atoms with Gasteiger partial charge in [-0.2, -0.15) is 4.31 Å². The molecule has 9 heteroatoms. The predicted octanol–water partition coefficient (Wildman–Crippen LogP) is 2.79. The van der Waals surface area contributed by atoms with Gasteiger partial charge in [-0.3, -0.25) is 4.79 Å². The molecule has 2 aliphatic rings. The van der Waals surface area contributed by atoms with Crippen molar-refractivity contribution in [2.45, 2.75) is 36.6 Å². The second kappa shape index (κ2) is 8.31. The zero-order valence-electron chi connectivity index (χ0n) is 17.3. The Labute approximate surface area is 176 Å². The van der Waals surface area contributed by atoms with Crippen molar-refractivity contribution in [1.82, 2.24) is 14.2 Å². The minimum absolute atomic E-state index is 0.139. The summed E-state index contributed by atoms with van der Waals surface area (Å²) < 4.78 is 37.8. The van der Waals surface area contributed by atoms with E-state index in [1.54, 1.807) is 19.1 Å². The first-order valence-electron chi connectivity index (χ1n) is 10.2. The van der Waals surface area contributed by atoms with Crippen LogP contribution in [0.25, 0.3) is 0 Å². The van der Waals surface area contributed by atoms with Gasteiger partial charge in [0, 0.05) is 37.5 Å². The first-order valence-corrected chi connectivity index (χ1v) is 11.6. The molecule has 0 bridgehead atoms. The zero-order valence-corrected chi connectivity index (χ0v) is 18.1. The number of amides is 1. The van der Waals surface area contributed by atoms with Gasteiger partial charge in [0.25, 0.3) is 5.91 Å². The number of sulfonamides is 1. The molecule has 2 fully saturated rings. The molecule has 2 aromatic rings. The lowest BCUT2D eigenvalue weighted by Crippen LogP contribution is -2.31. The summed E-state index contributed by atoms with van der Waals surface area (Å²) >= 11 is 0. The summed E-state index contributed by atoms with van der Waals surface area (Å²) in [5.41, 5.74) is 1.20. The van der Waals surface area contributed by atoms with Gasteiger partial charge in [-0.05, 0) is 43.9 Å². The van der Waals surface area contributed by atoms with E-state index in [2.05, 4.69) is 4.98 Å². The Morgan fingerprint density at radius 2 is 1.83 bits per heavy atom. The van der Waals surface area contributed by atoms with Crippen LogP contribution in [0.15, 0.2) is 35.4 Å². The van der Waals surface area contributed by atoms with Crippen molar-refractivity contribution in [3.63, 3.8) is 0 Å². The van der Waals surface area contributed by atoms with Crippen LogP contribution in [0.2, 0.25) is 0 Å². The van der Waals surface area contributed by atoms with Crippen molar-refractivity contribution in [3.8, 4) is 11.5 Å². The fraction of sp³-hybridized carbons (Fsp3) is 0.476. The molecular weight excluding hydrogens is 406 g/mol. The van der Waals surface area contributed by atoms with Crippen LogP contribution in [-0.4, -0.2) is 62.4 Å². The number of likely N-dealkylation sites (tertiary alicyclic amines) is 1. The smallest absolute Gasteiger partial charge is 0.270 e. The third kappa shape index (κ3) is 3.67. The van der Waals surface area contributed by atoms with Gasteiger partial charge in [0.05, 0.1) is 20.3 Å². The highest BCUT2D eigenvalue weighted by molar-refractivity contribution is 7.89. The van der Waals surface area contributed by atoms with Crippen LogP contribution >= 0.6 is 0 Å². The molecule has 2 saturated heterocycles. The quantitative estimate of drug-likeness (QED) is 0.756. The number of H-pyrrole nitrogens is 1. The number of carbonyl (C=O) groups is 1. The van der Waals surface area contributed by atoms with Gasteiger partial charge in [0.15, 0.2) is 0 Å². The van der Waals surface area contributed by atoms with Crippen molar-refractivity contribution in [2.75, 3.05) is 33.9 Å². The van der Waals surface area contributed by atoms with Crippen LogP contribution in [0.5, 0.6) is 11.5 Å². The standard InChI is InChI=1S/C21H27N3O5S/c1-28-15-7-8-17(20(12-15)29-2)19-6-5-11-24(19)21(25)18-13-16(14-22-18)30(26,27)23-9-3-4-10-23/h7-8,12-14,19,22H,3-6,9-11H2,1-2H3/t19-/m1/s1. The van der Waals surface area contributed by atoms with Crippen LogP contribution in [0.4, 0.5) is 0 Å². The maximum Gasteiger partial charge on any atom is 0.270 e. The molecule has 0 radical (unpaired) electrons. The molecule has 0 aliphatic carbocycles. The Kier molecular flexibility index (Phi) is 5.75. The predicted molar refractivity (Wildman–Crippen MR) is 111 cm³/mol. The minimum atomic E-state index is -3.56. The molecule has 0 unspecified atom stereocenters. The zero-order chi connectivity index (χ0) is 21.3. The number of ether oxygens (including phenoxy) is 2. The highest BCUT2D eigenvalue weighted by Crippen LogP contribution is 2.39. The summed E-state index contributed by atoms with van der Waals surface area (Å²) in [7, 11) is -0.368. The number of aromatic amines is 1. The molecule has 8 nitrogen and oxygen atoms in total. The number of hydrogen-bond donors (Lipinski definition) is 1. The summed E-state index contributed by atoms with van der Waals surface area (Å²) in [6, 6.07) is 6.91. The number of aromatic nitrogens is 1. The molecule has 0 saturated carbocycles. The molecule has 162 valence electrons. The Balaban J connectivity index is 1.58. The van der Waals surface area contributed by atoms with Crippen LogP contribution in [0.3, 0.4) is 0 Å². The Hall–Kier alpha value is -2.52. The number of benzene rings is 1. The van der Waals surface area contributed by atoms with Crippen molar-refractivity contribution in [1.29, 1.82) is 0 Å². The average molecular weight is 434 g/mol. The van der Waals surface area contributed by atoms with E-state index in [9.17, 15) is 13.2 Å². The van der Waals surface area contributed by atoms with Crippen LogP contribution < -0.4 is 9.47 Å². The van der Waals surface area contributed by atoms with E-state index in [-0.39, 0.29) is 22.5 Å². The second-order valence-corrected chi connectivity index (χ2v) is 9.56. The molecule has 1 amide bonds. The van der Waals surface area contributed by atoms with Gasteiger partial charge >= 0.3 is 0 Å². The highest BCUT2D eigenvalue weighted by atomic mass is 32.2. The second-order valence-electron chi connectivity index (χ2n) is 7.62. The number of methoxy groups -OCH3 is 2. The molecule has 0 spiro atoms. The highest BCUT2D eigenvalue weighted by Gasteiger charge is 2.34. The van der Waals surface area contributed by atoms with E-state index >= 15 is 0 Å². The molecule has 2 aliphatic heterocycles. The Morgan fingerprint density at radius 3 is 2.53 bits per heavy atom. The number of rotatable bonds is 6. The Bertz CT molecular complexity index is 1030. The van der Waals surface area contributed by atoms with Gasteiger partial charge in [0.1, 0.15) is 22.1 Å². The van der Waals surface area contributed by atoms with Crippen molar-refractivity contribution in [2.24, 2.45) is 0 Å². The SMILES string of the molecule is COc1ccc([C@H]2CCCN2C(=O)c2cc(S(=O)(=O)N3CCCC3)c[nH]2)c(OC)c1. The summed E-state index contributed by atoms with van der Waals surface area (Å²) in [4.78, 5) is 18.0. The first kappa shape index (κ1) is 20.7. The van der Waals surface area contributed by atoms with Crippen molar-refractivity contribution >= 4 is 15.9 Å². The summed E-state index contributed by atoms with van der Waals surface area (Å²) in [6.07, 6.45) is 4.84. The maximum absolute atomic E-state index is 13.2. The maximum atomic E-state index is 13.2. The average Bonchev–Trinajstić information content (AvgIpc) is 3.53. The van der Waals surface area contributed by atoms with E-state index in [0.29, 0.717) is 31.1 Å². The molecule has 4 rings (SSSR count). The third-order valence-corrected chi connectivity index (χ3v) is 7.78. The van der Waals surface area contributed by atoms with Gasteiger partial charge in [-0.25, -0.2) is 8.42 Å². The number of nitrogens with one attached hydrogen (secondary N) is 1. The van der Waals surface area contributed by atoms with Crippen LogP contribution in [0.1, 0.15) is 47.8 Å².